The molecule has 5 nitrogen and oxygen atoms in total. The maximum atomic E-state index is 12.1. The fourth-order valence-electron chi connectivity index (χ4n) is 1.86. The zero-order valence-electron chi connectivity index (χ0n) is 11.2. The molecule has 0 saturated heterocycles. The molecular formula is C13H17ClN2O3. The molecule has 0 spiro atoms. The van der Waals surface area contributed by atoms with Crippen LogP contribution in [0.4, 0.5) is 5.69 Å². The van der Waals surface area contributed by atoms with Crippen LogP contribution in [0.1, 0.15) is 44.0 Å². The van der Waals surface area contributed by atoms with Gasteiger partial charge in [-0.3, -0.25) is 14.9 Å². The van der Waals surface area contributed by atoms with Crippen molar-refractivity contribution in [1.82, 2.24) is 5.32 Å². The second kappa shape index (κ2) is 6.02. The van der Waals surface area contributed by atoms with Crippen LogP contribution < -0.4 is 5.32 Å². The van der Waals surface area contributed by atoms with Crippen LogP contribution >= 0.6 is 11.6 Å². The van der Waals surface area contributed by atoms with E-state index >= 15 is 0 Å². The van der Waals surface area contributed by atoms with Crippen LogP contribution in [0.15, 0.2) is 18.2 Å². The van der Waals surface area contributed by atoms with Crippen molar-refractivity contribution in [2.75, 3.05) is 0 Å². The first-order chi connectivity index (χ1) is 8.76. The number of nitro groups is 1. The molecule has 0 atom stereocenters. The number of amides is 1. The Morgan fingerprint density at radius 1 is 1.47 bits per heavy atom. The summed E-state index contributed by atoms with van der Waals surface area (Å²) in [5, 5.41) is 13.7. The Hall–Kier alpha value is -1.62. The molecule has 6 heteroatoms. The Labute approximate surface area is 117 Å². The van der Waals surface area contributed by atoms with Crippen molar-refractivity contribution < 1.29 is 9.72 Å². The quantitative estimate of drug-likeness (QED) is 0.664. The number of nitro benzene ring substituents is 1. The topological polar surface area (TPSA) is 72.2 Å². The van der Waals surface area contributed by atoms with Gasteiger partial charge in [0.15, 0.2) is 0 Å². The molecule has 0 bridgehead atoms. The van der Waals surface area contributed by atoms with Gasteiger partial charge in [-0.2, -0.15) is 0 Å². The molecule has 19 heavy (non-hydrogen) atoms. The Morgan fingerprint density at radius 2 is 2.11 bits per heavy atom. The second-order valence-electron chi connectivity index (χ2n) is 5.01. The zero-order valence-corrected chi connectivity index (χ0v) is 12.0. The highest BCUT2D eigenvalue weighted by molar-refractivity contribution is 6.34. The normalized spacial score (nSPS) is 11.2. The number of nitrogens with zero attached hydrogens (tertiary/aromatic N) is 1. The maximum absolute atomic E-state index is 12.1. The van der Waals surface area contributed by atoms with Crippen molar-refractivity contribution in [2.45, 2.75) is 39.2 Å². The molecule has 0 aliphatic carbocycles. The minimum absolute atomic E-state index is 0.125. The minimum Gasteiger partial charge on any atom is -0.347 e. The SMILES string of the molecule is CCCC(C)(C)NC(=O)c1cc([N+](=O)[O-])ccc1Cl. The van der Waals surface area contributed by atoms with Gasteiger partial charge in [0.2, 0.25) is 0 Å². The highest BCUT2D eigenvalue weighted by Gasteiger charge is 2.23. The van der Waals surface area contributed by atoms with E-state index in [1.807, 2.05) is 20.8 Å². The molecule has 1 amide bonds. The summed E-state index contributed by atoms with van der Waals surface area (Å²) in [4.78, 5) is 22.3. The van der Waals surface area contributed by atoms with E-state index in [2.05, 4.69) is 5.32 Å². The van der Waals surface area contributed by atoms with E-state index in [0.29, 0.717) is 0 Å². The summed E-state index contributed by atoms with van der Waals surface area (Å²) in [6.45, 7) is 5.83. The number of halogens is 1. The molecule has 1 aromatic rings. The van der Waals surface area contributed by atoms with Crippen LogP contribution in [0.2, 0.25) is 5.02 Å². The molecule has 0 unspecified atom stereocenters. The number of hydrogen-bond donors (Lipinski definition) is 1. The number of carbonyl (C=O) groups is 1. The monoisotopic (exact) mass is 284 g/mol. The number of non-ortho nitro benzene ring substituents is 1. The van der Waals surface area contributed by atoms with E-state index in [1.165, 1.54) is 18.2 Å². The number of benzene rings is 1. The van der Waals surface area contributed by atoms with Gasteiger partial charge < -0.3 is 5.32 Å². The van der Waals surface area contributed by atoms with Crippen molar-refractivity contribution in [2.24, 2.45) is 0 Å². The lowest BCUT2D eigenvalue weighted by molar-refractivity contribution is -0.384. The summed E-state index contributed by atoms with van der Waals surface area (Å²) in [6, 6.07) is 3.83. The first kappa shape index (κ1) is 15.4. The Kier molecular flexibility index (Phi) is 4.89. The van der Waals surface area contributed by atoms with Gasteiger partial charge in [0.05, 0.1) is 15.5 Å². The maximum Gasteiger partial charge on any atom is 0.270 e. The molecule has 1 aromatic carbocycles. The molecule has 0 aromatic heterocycles. The number of nitrogens with one attached hydrogen (secondary N) is 1. The van der Waals surface area contributed by atoms with Gasteiger partial charge in [-0.05, 0) is 26.3 Å². The first-order valence-electron chi connectivity index (χ1n) is 6.03. The van der Waals surface area contributed by atoms with Crippen molar-refractivity contribution in [1.29, 1.82) is 0 Å². The van der Waals surface area contributed by atoms with Gasteiger partial charge >= 0.3 is 0 Å². The molecule has 0 heterocycles. The average molecular weight is 285 g/mol. The first-order valence-corrected chi connectivity index (χ1v) is 6.41. The van der Waals surface area contributed by atoms with Gasteiger partial charge in [0.1, 0.15) is 0 Å². The molecule has 104 valence electrons. The van der Waals surface area contributed by atoms with Crippen molar-refractivity contribution in [3.63, 3.8) is 0 Å². The van der Waals surface area contributed by atoms with E-state index in [9.17, 15) is 14.9 Å². The predicted molar refractivity (Wildman–Crippen MR) is 74.6 cm³/mol. The summed E-state index contributed by atoms with van der Waals surface area (Å²) < 4.78 is 0. The molecule has 0 radical (unpaired) electrons. The summed E-state index contributed by atoms with van der Waals surface area (Å²) in [6.07, 6.45) is 1.74. The number of hydrogen-bond acceptors (Lipinski definition) is 3. The molecular weight excluding hydrogens is 268 g/mol. The van der Waals surface area contributed by atoms with Crippen LogP contribution in [-0.2, 0) is 0 Å². The standard InChI is InChI=1S/C13H17ClN2O3/c1-4-7-13(2,3)15-12(17)10-8-9(16(18)19)5-6-11(10)14/h5-6,8H,4,7H2,1-3H3,(H,15,17). The van der Waals surface area contributed by atoms with Gasteiger partial charge in [-0.25, -0.2) is 0 Å². The molecule has 0 fully saturated rings. The summed E-state index contributed by atoms with van der Waals surface area (Å²) in [5.74, 6) is -0.396. The van der Waals surface area contributed by atoms with Crippen LogP contribution in [0.25, 0.3) is 0 Å². The predicted octanol–water partition coefficient (Wildman–Crippen LogP) is 3.56. The van der Waals surface area contributed by atoms with E-state index in [0.717, 1.165) is 12.8 Å². The minimum atomic E-state index is -0.551. The third kappa shape index (κ3) is 4.21. The highest BCUT2D eigenvalue weighted by atomic mass is 35.5. The summed E-state index contributed by atoms with van der Waals surface area (Å²) in [7, 11) is 0. The van der Waals surface area contributed by atoms with Crippen LogP contribution in [0.5, 0.6) is 0 Å². The number of rotatable bonds is 5. The Morgan fingerprint density at radius 3 is 2.63 bits per heavy atom. The van der Waals surface area contributed by atoms with E-state index in [4.69, 9.17) is 11.6 Å². The lowest BCUT2D eigenvalue weighted by atomic mass is 9.98. The van der Waals surface area contributed by atoms with Crippen molar-refractivity contribution in [3.05, 3.63) is 38.9 Å². The number of carbonyl (C=O) groups excluding carboxylic acids is 1. The van der Waals surface area contributed by atoms with E-state index < -0.39 is 10.8 Å². The lowest BCUT2D eigenvalue weighted by Crippen LogP contribution is -2.43. The van der Waals surface area contributed by atoms with Crippen LogP contribution in [0.3, 0.4) is 0 Å². The third-order valence-electron chi connectivity index (χ3n) is 2.73. The Bertz CT molecular complexity index is 501. The third-order valence-corrected chi connectivity index (χ3v) is 3.06. The largest absolute Gasteiger partial charge is 0.347 e. The van der Waals surface area contributed by atoms with E-state index in [-0.39, 0.29) is 21.8 Å². The molecule has 0 saturated carbocycles. The van der Waals surface area contributed by atoms with Crippen molar-refractivity contribution >= 4 is 23.2 Å². The fraction of sp³-hybridized carbons (Fsp3) is 0.462. The van der Waals surface area contributed by atoms with Crippen molar-refractivity contribution in [3.8, 4) is 0 Å². The average Bonchev–Trinajstić information content (AvgIpc) is 2.28. The van der Waals surface area contributed by atoms with Crippen LogP contribution in [0, 0.1) is 10.1 Å². The summed E-state index contributed by atoms with van der Waals surface area (Å²) in [5.41, 5.74) is -0.400. The fourth-order valence-corrected chi connectivity index (χ4v) is 2.07. The summed E-state index contributed by atoms with van der Waals surface area (Å²) >= 11 is 5.92. The van der Waals surface area contributed by atoms with E-state index in [1.54, 1.807) is 0 Å². The van der Waals surface area contributed by atoms with Crippen LogP contribution in [-0.4, -0.2) is 16.4 Å². The van der Waals surface area contributed by atoms with Gasteiger partial charge in [0.25, 0.3) is 11.6 Å². The molecule has 1 rings (SSSR count). The Balaban J connectivity index is 2.99. The highest BCUT2D eigenvalue weighted by Crippen LogP contribution is 2.23. The van der Waals surface area contributed by atoms with Gasteiger partial charge in [-0.15, -0.1) is 0 Å². The van der Waals surface area contributed by atoms with Gasteiger partial charge in [-0.1, -0.05) is 24.9 Å². The molecule has 0 aliphatic rings. The lowest BCUT2D eigenvalue weighted by Gasteiger charge is -2.25. The molecule has 1 N–H and O–H groups in total. The molecule has 0 aliphatic heterocycles. The van der Waals surface area contributed by atoms with Gasteiger partial charge in [0, 0.05) is 17.7 Å². The zero-order chi connectivity index (χ0) is 14.6. The smallest absolute Gasteiger partial charge is 0.270 e. The second-order valence-corrected chi connectivity index (χ2v) is 5.42.